The molecule has 1 aromatic carbocycles. The summed E-state index contributed by atoms with van der Waals surface area (Å²) in [6.07, 6.45) is 0.811. The molecule has 1 rings (SSSR count). The van der Waals surface area contributed by atoms with Gasteiger partial charge in [-0.05, 0) is 12.5 Å². The van der Waals surface area contributed by atoms with Crippen LogP contribution in [0.3, 0.4) is 0 Å². The first-order chi connectivity index (χ1) is 7.15. The Hall–Kier alpha value is -0.860. The van der Waals surface area contributed by atoms with E-state index in [4.69, 9.17) is 11.6 Å². The SMILES string of the molecule is C=C(Cl)CNC(CC)c1ccccc1F. The van der Waals surface area contributed by atoms with Gasteiger partial charge in [-0.3, -0.25) is 0 Å². The molecule has 1 atom stereocenters. The molecule has 0 saturated carbocycles. The highest BCUT2D eigenvalue weighted by atomic mass is 35.5. The van der Waals surface area contributed by atoms with Crippen LogP contribution >= 0.6 is 11.6 Å². The van der Waals surface area contributed by atoms with Gasteiger partial charge in [0.2, 0.25) is 0 Å². The van der Waals surface area contributed by atoms with Crippen LogP contribution in [0.15, 0.2) is 35.9 Å². The molecule has 1 unspecified atom stereocenters. The van der Waals surface area contributed by atoms with Crippen molar-refractivity contribution in [1.29, 1.82) is 0 Å². The summed E-state index contributed by atoms with van der Waals surface area (Å²) in [6, 6.07) is 6.76. The smallest absolute Gasteiger partial charge is 0.127 e. The first-order valence-corrected chi connectivity index (χ1v) is 5.34. The first kappa shape index (κ1) is 12.2. The molecule has 1 aromatic rings. The van der Waals surface area contributed by atoms with Crippen molar-refractivity contribution in [1.82, 2.24) is 5.32 Å². The highest BCUT2D eigenvalue weighted by Gasteiger charge is 2.12. The highest BCUT2D eigenvalue weighted by Crippen LogP contribution is 2.19. The second-order valence-electron chi connectivity index (χ2n) is 3.38. The van der Waals surface area contributed by atoms with E-state index >= 15 is 0 Å². The van der Waals surface area contributed by atoms with E-state index in [0.29, 0.717) is 17.1 Å². The van der Waals surface area contributed by atoms with E-state index in [1.807, 2.05) is 13.0 Å². The number of hydrogen-bond donors (Lipinski definition) is 1. The van der Waals surface area contributed by atoms with Crippen LogP contribution < -0.4 is 5.32 Å². The van der Waals surface area contributed by atoms with Crippen LogP contribution in [0.5, 0.6) is 0 Å². The third-order valence-electron chi connectivity index (χ3n) is 2.23. The van der Waals surface area contributed by atoms with Crippen LogP contribution in [0.1, 0.15) is 24.9 Å². The van der Waals surface area contributed by atoms with Crippen LogP contribution in [0.25, 0.3) is 0 Å². The molecule has 0 saturated heterocycles. The van der Waals surface area contributed by atoms with Crippen molar-refractivity contribution in [2.24, 2.45) is 0 Å². The van der Waals surface area contributed by atoms with Crippen LogP contribution in [0.2, 0.25) is 0 Å². The summed E-state index contributed by atoms with van der Waals surface area (Å²) >= 11 is 5.66. The Morgan fingerprint density at radius 3 is 2.73 bits per heavy atom. The van der Waals surface area contributed by atoms with Gasteiger partial charge in [0, 0.05) is 23.2 Å². The largest absolute Gasteiger partial charge is 0.305 e. The second-order valence-corrected chi connectivity index (χ2v) is 3.92. The van der Waals surface area contributed by atoms with E-state index in [9.17, 15) is 4.39 Å². The summed E-state index contributed by atoms with van der Waals surface area (Å²) < 4.78 is 13.5. The lowest BCUT2D eigenvalue weighted by atomic mass is 10.0. The molecular formula is C12H15ClFN. The summed E-state index contributed by atoms with van der Waals surface area (Å²) in [5.74, 6) is -0.183. The van der Waals surface area contributed by atoms with E-state index in [1.54, 1.807) is 12.1 Å². The summed E-state index contributed by atoms with van der Waals surface area (Å²) in [6.45, 7) is 6.08. The van der Waals surface area contributed by atoms with E-state index in [1.165, 1.54) is 6.07 Å². The average molecular weight is 228 g/mol. The molecule has 0 aromatic heterocycles. The maximum Gasteiger partial charge on any atom is 0.127 e. The van der Waals surface area contributed by atoms with E-state index in [0.717, 1.165) is 6.42 Å². The van der Waals surface area contributed by atoms with Crippen LogP contribution in [0.4, 0.5) is 4.39 Å². The fraction of sp³-hybridized carbons (Fsp3) is 0.333. The van der Waals surface area contributed by atoms with E-state index in [2.05, 4.69) is 11.9 Å². The van der Waals surface area contributed by atoms with Crippen molar-refractivity contribution in [2.75, 3.05) is 6.54 Å². The number of hydrogen-bond acceptors (Lipinski definition) is 1. The standard InChI is InChI=1S/C12H15ClFN/c1-3-12(15-8-9(2)13)10-6-4-5-7-11(10)14/h4-7,12,15H,2-3,8H2,1H3. The maximum absolute atomic E-state index is 13.5. The minimum atomic E-state index is -0.183. The fourth-order valence-electron chi connectivity index (χ4n) is 1.47. The molecule has 0 bridgehead atoms. The highest BCUT2D eigenvalue weighted by molar-refractivity contribution is 6.29. The molecular weight excluding hydrogens is 213 g/mol. The van der Waals surface area contributed by atoms with Gasteiger partial charge < -0.3 is 5.32 Å². The Morgan fingerprint density at radius 2 is 2.20 bits per heavy atom. The zero-order valence-electron chi connectivity index (χ0n) is 8.76. The number of benzene rings is 1. The molecule has 0 aliphatic heterocycles. The molecule has 1 N–H and O–H groups in total. The van der Waals surface area contributed by atoms with Crippen LogP contribution in [0, 0.1) is 5.82 Å². The third-order valence-corrected chi connectivity index (χ3v) is 2.36. The summed E-state index contributed by atoms with van der Waals surface area (Å²) in [5.41, 5.74) is 0.679. The lowest BCUT2D eigenvalue weighted by molar-refractivity contribution is 0.509. The van der Waals surface area contributed by atoms with Gasteiger partial charge in [0.15, 0.2) is 0 Å². The quantitative estimate of drug-likeness (QED) is 0.810. The van der Waals surface area contributed by atoms with Gasteiger partial charge in [-0.2, -0.15) is 0 Å². The molecule has 0 spiro atoms. The molecule has 82 valence electrons. The van der Waals surface area contributed by atoms with Gasteiger partial charge in [-0.1, -0.05) is 43.3 Å². The zero-order chi connectivity index (χ0) is 11.3. The van der Waals surface area contributed by atoms with Crippen molar-refractivity contribution < 1.29 is 4.39 Å². The Bertz CT molecular complexity index is 338. The van der Waals surface area contributed by atoms with Crippen molar-refractivity contribution in [3.05, 3.63) is 47.3 Å². The molecule has 0 heterocycles. The Balaban J connectivity index is 2.74. The van der Waals surface area contributed by atoms with Gasteiger partial charge in [-0.25, -0.2) is 4.39 Å². The molecule has 0 aliphatic carbocycles. The average Bonchev–Trinajstić information content (AvgIpc) is 2.21. The summed E-state index contributed by atoms with van der Waals surface area (Å²) in [5, 5.41) is 3.69. The Morgan fingerprint density at radius 1 is 1.53 bits per heavy atom. The minimum absolute atomic E-state index is 0.0123. The fourth-order valence-corrected chi connectivity index (χ4v) is 1.54. The molecule has 0 aliphatic rings. The Labute approximate surface area is 95.0 Å². The molecule has 15 heavy (non-hydrogen) atoms. The van der Waals surface area contributed by atoms with Crippen molar-refractivity contribution in [2.45, 2.75) is 19.4 Å². The lowest BCUT2D eigenvalue weighted by Gasteiger charge is -2.17. The molecule has 1 nitrogen and oxygen atoms in total. The molecule has 3 heteroatoms. The van der Waals surface area contributed by atoms with Crippen molar-refractivity contribution in [3.8, 4) is 0 Å². The minimum Gasteiger partial charge on any atom is -0.305 e. The predicted octanol–water partition coefficient (Wildman–Crippen LogP) is 3.62. The van der Waals surface area contributed by atoms with Gasteiger partial charge >= 0.3 is 0 Å². The third kappa shape index (κ3) is 3.65. The van der Waals surface area contributed by atoms with Crippen LogP contribution in [-0.2, 0) is 0 Å². The Kier molecular flexibility index (Phi) is 4.79. The normalized spacial score (nSPS) is 12.5. The molecule has 0 fully saturated rings. The van der Waals surface area contributed by atoms with Crippen molar-refractivity contribution in [3.63, 3.8) is 0 Å². The molecule has 0 amide bonds. The second kappa shape index (κ2) is 5.89. The monoisotopic (exact) mass is 227 g/mol. The summed E-state index contributed by atoms with van der Waals surface area (Å²) in [7, 11) is 0. The number of rotatable bonds is 5. The lowest BCUT2D eigenvalue weighted by Crippen LogP contribution is -2.22. The topological polar surface area (TPSA) is 12.0 Å². The van der Waals surface area contributed by atoms with Gasteiger partial charge in [0.05, 0.1) is 0 Å². The van der Waals surface area contributed by atoms with Gasteiger partial charge in [0.1, 0.15) is 5.82 Å². The van der Waals surface area contributed by atoms with Crippen LogP contribution in [-0.4, -0.2) is 6.54 Å². The van der Waals surface area contributed by atoms with E-state index in [-0.39, 0.29) is 11.9 Å². The summed E-state index contributed by atoms with van der Waals surface area (Å²) in [4.78, 5) is 0. The number of halogens is 2. The van der Waals surface area contributed by atoms with Gasteiger partial charge in [0.25, 0.3) is 0 Å². The maximum atomic E-state index is 13.5. The van der Waals surface area contributed by atoms with Crippen molar-refractivity contribution >= 4 is 11.6 Å². The number of nitrogens with one attached hydrogen (secondary N) is 1. The zero-order valence-corrected chi connectivity index (χ0v) is 9.52. The van der Waals surface area contributed by atoms with Gasteiger partial charge in [-0.15, -0.1) is 0 Å². The predicted molar refractivity (Wildman–Crippen MR) is 62.4 cm³/mol. The first-order valence-electron chi connectivity index (χ1n) is 4.96. The van der Waals surface area contributed by atoms with E-state index < -0.39 is 0 Å². The molecule has 0 radical (unpaired) electrons.